The maximum atomic E-state index is 13.5. The minimum Gasteiger partial charge on any atom is -0.497 e. The molecule has 0 amide bonds. The Kier molecular flexibility index (Phi) is 5.41. The molecule has 3 aromatic rings. The first-order chi connectivity index (χ1) is 15.9. The Balaban J connectivity index is 1.61. The van der Waals surface area contributed by atoms with E-state index in [1.54, 1.807) is 12.1 Å². The van der Waals surface area contributed by atoms with Gasteiger partial charge in [-0.1, -0.05) is 30.3 Å². The predicted octanol–water partition coefficient (Wildman–Crippen LogP) is 3.97. The van der Waals surface area contributed by atoms with Crippen molar-refractivity contribution in [1.29, 1.82) is 0 Å². The number of piperidine rings is 1. The van der Waals surface area contributed by atoms with Crippen LogP contribution < -0.4 is 10.1 Å². The summed E-state index contributed by atoms with van der Waals surface area (Å²) >= 11 is 0. The lowest BCUT2D eigenvalue weighted by atomic mass is 9.81. The Morgan fingerprint density at radius 3 is 2.76 bits per heavy atom. The molecule has 2 aromatic carbocycles. The molecule has 1 aromatic heterocycles. The minimum atomic E-state index is -4.70. The highest BCUT2D eigenvalue weighted by Gasteiger charge is 2.45. The van der Waals surface area contributed by atoms with E-state index in [1.165, 1.54) is 13.2 Å². The second kappa shape index (κ2) is 8.27. The number of nitrogens with zero attached hydrogens (tertiary/aromatic N) is 4. The van der Waals surface area contributed by atoms with E-state index in [-0.39, 0.29) is 18.3 Å². The molecule has 2 unspecified atom stereocenters. The van der Waals surface area contributed by atoms with Crippen LogP contribution in [0.2, 0.25) is 0 Å². The maximum absolute atomic E-state index is 13.5. The topological polar surface area (TPSA) is 74.1 Å². The van der Waals surface area contributed by atoms with Crippen LogP contribution in [0.15, 0.2) is 54.6 Å². The van der Waals surface area contributed by atoms with Gasteiger partial charge in [-0.15, -0.1) is 5.10 Å². The van der Waals surface area contributed by atoms with Crippen molar-refractivity contribution >= 4 is 5.57 Å². The summed E-state index contributed by atoms with van der Waals surface area (Å²) in [6.45, 7) is 1.10. The number of ether oxygens (including phenoxy) is 2. The van der Waals surface area contributed by atoms with Crippen LogP contribution >= 0.6 is 0 Å². The van der Waals surface area contributed by atoms with Gasteiger partial charge in [0, 0.05) is 5.56 Å². The lowest BCUT2D eigenvalue weighted by molar-refractivity contribution is -0.146. The molecule has 3 heterocycles. The van der Waals surface area contributed by atoms with Crippen LogP contribution in [0, 0.1) is 0 Å². The van der Waals surface area contributed by atoms with Crippen LogP contribution in [0.3, 0.4) is 0 Å². The molecule has 2 aliphatic heterocycles. The van der Waals surface area contributed by atoms with Gasteiger partial charge in [-0.2, -0.15) is 17.9 Å². The number of halogens is 3. The van der Waals surface area contributed by atoms with Gasteiger partial charge in [0.05, 0.1) is 25.4 Å². The van der Waals surface area contributed by atoms with Gasteiger partial charge >= 0.3 is 6.18 Å². The Labute approximate surface area is 188 Å². The highest BCUT2D eigenvalue weighted by Crippen LogP contribution is 2.45. The van der Waals surface area contributed by atoms with E-state index in [1.807, 2.05) is 36.4 Å². The van der Waals surface area contributed by atoms with E-state index in [2.05, 4.69) is 20.8 Å². The van der Waals surface area contributed by atoms with E-state index in [4.69, 9.17) is 9.47 Å². The van der Waals surface area contributed by atoms with E-state index in [0.717, 1.165) is 30.5 Å². The van der Waals surface area contributed by atoms with Gasteiger partial charge in [0.15, 0.2) is 0 Å². The third-order valence-corrected chi connectivity index (χ3v) is 6.13. The Morgan fingerprint density at radius 1 is 1.18 bits per heavy atom. The maximum Gasteiger partial charge on any atom is 0.453 e. The molecule has 1 spiro atoms. The van der Waals surface area contributed by atoms with Crippen molar-refractivity contribution in [3.8, 4) is 11.4 Å². The van der Waals surface area contributed by atoms with Gasteiger partial charge in [-0.25, -0.2) is 0 Å². The lowest BCUT2D eigenvalue weighted by Crippen LogP contribution is -2.47. The molecule has 1 saturated heterocycles. The number of aromatic nitrogens is 4. The van der Waals surface area contributed by atoms with Crippen molar-refractivity contribution < 1.29 is 22.6 Å². The molecule has 7 nitrogen and oxygen atoms in total. The third-order valence-electron chi connectivity index (χ3n) is 6.13. The van der Waals surface area contributed by atoms with Gasteiger partial charge in [0.1, 0.15) is 11.4 Å². The summed E-state index contributed by atoms with van der Waals surface area (Å²) in [5.74, 6) is -0.678. The van der Waals surface area contributed by atoms with Crippen LogP contribution in [0.25, 0.3) is 11.3 Å². The van der Waals surface area contributed by atoms with Gasteiger partial charge in [-0.3, -0.25) is 0 Å². The summed E-state index contributed by atoms with van der Waals surface area (Å²) in [6, 6.07) is 14.8. The van der Waals surface area contributed by atoms with Crippen molar-refractivity contribution in [3.63, 3.8) is 0 Å². The van der Waals surface area contributed by atoms with Crippen LogP contribution in [0.1, 0.15) is 35.8 Å². The molecular weight excluding hydrogens is 435 g/mol. The number of methoxy groups -OCH3 is 1. The largest absolute Gasteiger partial charge is 0.497 e. The number of alkyl halides is 3. The first kappa shape index (κ1) is 21.6. The fourth-order valence-electron chi connectivity index (χ4n) is 4.64. The summed E-state index contributed by atoms with van der Waals surface area (Å²) in [4.78, 5) is 0. The second-order valence-corrected chi connectivity index (χ2v) is 8.11. The van der Waals surface area contributed by atoms with Crippen LogP contribution in [-0.2, 0) is 10.9 Å². The second-order valence-electron chi connectivity index (χ2n) is 8.11. The SMILES string of the molecule is COc1ccc(-n2nnnc2C(F)(F)F)c(C2=CC3(CCCNC3c3ccccc3)OC2)c1. The van der Waals surface area contributed by atoms with Crippen LogP contribution in [0.5, 0.6) is 5.75 Å². The normalized spacial score (nSPS) is 23.0. The first-order valence-electron chi connectivity index (χ1n) is 10.6. The molecule has 0 aliphatic carbocycles. The van der Waals surface area contributed by atoms with Crippen molar-refractivity contribution in [2.24, 2.45) is 0 Å². The number of hydrogen-bond donors (Lipinski definition) is 1. The Morgan fingerprint density at radius 2 is 2.00 bits per heavy atom. The summed E-state index contributed by atoms with van der Waals surface area (Å²) < 4.78 is 53.0. The molecule has 2 atom stereocenters. The molecule has 0 saturated carbocycles. The van der Waals surface area contributed by atoms with E-state index >= 15 is 0 Å². The monoisotopic (exact) mass is 457 g/mol. The molecule has 172 valence electrons. The lowest BCUT2D eigenvalue weighted by Gasteiger charge is -2.40. The van der Waals surface area contributed by atoms with Crippen molar-refractivity contribution in [3.05, 3.63) is 71.6 Å². The number of hydrogen-bond acceptors (Lipinski definition) is 6. The zero-order chi connectivity index (χ0) is 23.1. The van der Waals surface area contributed by atoms with Gasteiger partial charge < -0.3 is 14.8 Å². The molecule has 0 bridgehead atoms. The van der Waals surface area contributed by atoms with Crippen LogP contribution in [0.4, 0.5) is 13.2 Å². The Bertz CT molecular complexity index is 1180. The molecule has 1 N–H and O–H groups in total. The van der Waals surface area contributed by atoms with Gasteiger partial charge in [0.2, 0.25) is 0 Å². The number of tetrazole rings is 1. The minimum absolute atomic E-state index is 0.0715. The summed E-state index contributed by atoms with van der Waals surface area (Å²) in [7, 11) is 1.51. The predicted molar refractivity (Wildman–Crippen MR) is 114 cm³/mol. The smallest absolute Gasteiger partial charge is 0.453 e. The van der Waals surface area contributed by atoms with Crippen LogP contribution in [-0.4, -0.2) is 46.1 Å². The third kappa shape index (κ3) is 3.89. The quantitative estimate of drug-likeness (QED) is 0.639. The molecule has 33 heavy (non-hydrogen) atoms. The van der Waals surface area contributed by atoms with Crippen molar-refractivity contribution in [1.82, 2.24) is 25.5 Å². The molecular formula is C23H22F3N5O2. The standard InChI is InChI=1S/C23H22F3N5O2/c1-32-17-8-9-19(31-21(23(24,25)26)28-29-30-31)18(12-17)16-13-22(33-14-16)10-5-11-27-20(22)15-6-3-2-4-7-15/h2-4,6-9,12-13,20,27H,5,10-11,14H2,1H3. The summed E-state index contributed by atoms with van der Waals surface area (Å²) in [5.41, 5.74) is 1.99. The van der Waals surface area contributed by atoms with Gasteiger partial charge in [0.25, 0.3) is 5.82 Å². The number of nitrogens with one attached hydrogen (secondary N) is 1. The Hall–Kier alpha value is -3.24. The highest BCUT2D eigenvalue weighted by atomic mass is 19.4. The molecule has 0 radical (unpaired) electrons. The average molecular weight is 457 g/mol. The number of rotatable bonds is 4. The molecule has 2 aliphatic rings. The molecule has 10 heteroatoms. The van der Waals surface area contributed by atoms with E-state index in [9.17, 15) is 13.2 Å². The van der Waals surface area contributed by atoms with Crippen molar-refractivity contribution in [2.45, 2.75) is 30.7 Å². The first-order valence-corrected chi connectivity index (χ1v) is 10.6. The van der Waals surface area contributed by atoms with Crippen molar-refractivity contribution in [2.75, 3.05) is 20.3 Å². The highest BCUT2D eigenvalue weighted by molar-refractivity contribution is 5.76. The van der Waals surface area contributed by atoms with E-state index < -0.39 is 17.6 Å². The van der Waals surface area contributed by atoms with Gasteiger partial charge in [-0.05, 0) is 65.2 Å². The van der Waals surface area contributed by atoms with E-state index in [0.29, 0.717) is 16.0 Å². The zero-order valence-electron chi connectivity index (χ0n) is 17.8. The number of benzene rings is 2. The molecule has 5 rings (SSSR count). The fraction of sp³-hybridized carbons (Fsp3) is 0.348. The average Bonchev–Trinajstić information content (AvgIpc) is 3.48. The zero-order valence-corrected chi connectivity index (χ0v) is 17.8. The fourth-order valence-corrected chi connectivity index (χ4v) is 4.64. The summed E-state index contributed by atoms with van der Waals surface area (Å²) in [5, 5.41) is 13.6. The summed E-state index contributed by atoms with van der Waals surface area (Å²) in [6.07, 6.45) is -0.953. The molecule has 1 fully saturated rings.